The van der Waals surface area contributed by atoms with E-state index in [0.29, 0.717) is 24.1 Å². The third kappa shape index (κ3) is 2.96. The van der Waals surface area contributed by atoms with E-state index in [9.17, 15) is 0 Å². The van der Waals surface area contributed by atoms with E-state index in [-0.39, 0.29) is 0 Å². The summed E-state index contributed by atoms with van der Waals surface area (Å²) in [6.07, 6.45) is 2.99. The van der Waals surface area contributed by atoms with E-state index in [2.05, 4.69) is 25.7 Å². The van der Waals surface area contributed by atoms with Gasteiger partial charge in [-0.05, 0) is 32.6 Å². The van der Waals surface area contributed by atoms with Crippen molar-refractivity contribution in [3.8, 4) is 0 Å². The van der Waals surface area contributed by atoms with Gasteiger partial charge in [-0.2, -0.15) is 0 Å². The first-order valence-corrected chi connectivity index (χ1v) is 6.62. The van der Waals surface area contributed by atoms with Crippen LogP contribution in [0, 0.1) is 5.92 Å². The minimum absolute atomic E-state index is 0.351. The molecule has 2 aliphatic rings. The summed E-state index contributed by atoms with van der Waals surface area (Å²) in [5.41, 5.74) is 0. The molecule has 0 aromatic rings. The molecule has 0 aromatic carbocycles. The number of hydrogen-bond acceptors (Lipinski definition) is 3. The highest BCUT2D eigenvalue weighted by Gasteiger charge is 2.37. The number of morpholine rings is 1. The van der Waals surface area contributed by atoms with E-state index < -0.39 is 0 Å². The molecule has 0 aliphatic carbocycles. The van der Waals surface area contributed by atoms with Crippen molar-refractivity contribution in [1.82, 2.24) is 4.90 Å². The molecule has 2 heterocycles. The van der Waals surface area contributed by atoms with Crippen LogP contribution in [0.3, 0.4) is 0 Å². The zero-order valence-electron chi connectivity index (χ0n) is 10.8. The van der Waals surface area contributed by atoms with Crippen LogP contribution in [0.4, 0.5) is 0 Å². The number of fused-ring (bicyclic) bond motifs is 2. The predicted octanol–water partition coefficient (Wildman–Crippen LogP) is 1.91. The van der Waals surface area contributed by atoms with Crippen molar-refractivity contribution in [2.24, 2.45) is 5.92 Å². The molecule has 2 bridgehead atoms. The first-order chi connectivity index (χ1) is 7.66. The topological polar surface area (TPSA) is 21.7 Å². The summed E-state index contributed by atoms with van der Waals surface area (Å²) in [5.74, 6) is 0.628. The standard InChI is InChI=1S/C13H25NO2/c1-10(2)16-7-11(3)6-14-12-4-5-13(14)9-15-8-12/h10-13H,4-9H2,1-3H3. The largest absolute Gasteiger partial charge is 0.378 e. The first-order valence-electron chi connectivity index (χ1n) is 6.62. The fourth-order valence-electron chi connectivity index (χ4n) is 2.78. The van der Waals surface area contributed by atoms with Crippen molar-refractivity contribution in [3.63, 3.8) is 0 Å². The fraction of sp³-hybridized carbons (Fsp3) is 1.00. The maximum absolute atomic E-state index is 5.68. The van der Waals surface area contributed by atoms with Crippen molar-refractivity contribution in [2.45, 2.75) is 51.8 Å². The molecule has 94 valence electrons. The van der Waals surface area contributed by atoms with Gasteiger partial charge in [0.2, 0.25) is 0 Å². The highest BCUT2D eigenvalue weighted by atomic mass is 16.5. The lowest BCUT2D eigenvalue weighted by Gasteiger charge is -2.36. The maximum Gasteiger partial charge on any atom is 0.0622 e. The molecule has 2 aliphatic heterocycles. The van der Waals surface area contributed by atoms with Crippen LogP contribution in [0.5, 0.6) is 0 Å². The Bertz CT molecular complexity index is 204. The molecule has 2 rings (SSSR count). The molecule has 0 saturated carbocycles. The Balaban J connectivity index is 1.76. The van der Waals surface area contributed by atoms with Gasteiger partial charge < -0.3 is 9.47 Å². The predicted molar refractivity (Wildman–Crippen MR) is 64.6 cm³/mol. The van der Waals surface area contributed by atoms with Crippen LogP contribution < -0.4 is 0 Å². The molecule has 0 amide bonds. The molecule has 3 unspecified atom stereocenters. The maximum atomic E-state index is 5.68. The van der Waals surface area contributed by atoms with Crippen molar-refractivity contribution >= 4 is 0 Å². The molecule has 3 nitrogen and oxygen atoms in total. The number of hydrogen-bond donors (Lipinski definition) is 0. The zero-order chi connectivity index (χ0) is 11.5. The Morgan fingerprint density at radius 3 is 2.38 bits per heavy atom. The minimum Gasteiger partial charge on any atom is -0.378 e. The monoisotopic (exact) mass is 227 g/mol. The zero-order valence-corrected chi connectivity index (χ0v) is 10.8. The van der Waals surface area contributed by atoms with Gasteiger partial charge in [0.25, 0.3) is 0 Å². The fourth-order valence-corrected chi connectivity index (χ4v) is 2.78. The van der Waals surface area contributed by atoms with Crippen LogP contribution in [0.2, 0.25) is 0 Å². The normalized spacial score (nSPS) is 32.2. The van der Waals surface area contributed by atoms with E-state index in [1.165, 1.54) is 19.4 Å². The van der Waals surface area contributed by atoms with E-state index in [1.54, 1.807) is 0 Å². The van der Waals surface area contributed by atoms with Crippen molar-refractivity contribution in [2.75, 3.05) is 26.4 Å². The molecule has 0 N–H and O–H groups in total. The van der Waals surface area contributed by atoms with Crippen LogP contribution >= 0.6 is 0 Å². The Kier molecular flexibility index (Phi) is 4.22. The summed E-state index contributed by atoms with van der Waals surface area (Å²) < 4.78 is 11.3. The number of nitrogens with zero attached hydrogens (tertiary/aromatic N) is 1. The van der Waals surface area contributed by atoms with E-state index in [0.717, 1.165) is 19.8 Å². The second-order valence-electron chi connectivity index (χ2n) is 5.61. The first kappa shape index (κ1) is 12.3. The van der Waals surface area contributed by atoms with Gasteiger partial charge >= 0.3 is 0 Å². The molecule has 0 radical (unpaired) electrons. The Morgan fingerprint density at radius 1 is 1.19 bits per heavy atom. The lowest BCUT2D eigenvalue weighted by Crippen LogP contribution is -2.48. The average molecular weight is 227 g/mol. The summed E-state index contributed by atoms with van der Waals surface area (Å²) >= 11 is 0. The van der Waals surface area contributed by atoms with Gasteiger partial charge in [0.05, 0.1) is 25.9 Å². The van der Waals surface area contributed by atoms with Gasteiger partial charge in [-0.3, -0.25) is 4.90 Å². The Morgan fingerprint density at radius 2 is 1.81 bits per heavy atom. The van der Waals surface area contributed by atoms with Gasteiger partial charge in [0.15, 0.2) is 0 Å². The van der Waals surface area contributed by atoms with Crippen molar-refractivity contribution in [3.05, 3.63) is 0 Å². The minimum atomic E-state index is 0.351. The molecular weight excluding hydrogens is 202 g/mol. The van der Waals surface area contributed by atoms with Gasteiger partial charge in [0.1, 0.15) is 0 Å². The molecule has 3 atom stereocenters. The summed E-state index contributed by atoms with van der Waals surface area (Å²) in [7, 11) is 0. The van der Waals surface area contributed by atoms with E-state index in [4.69, 9.17) is 9.47 Å². The third-order valence-corrected chi connectivity index (χ3v) is 3.63. The third-order valence-electron chi connectivity index (χ3n) is 3.63. The van der Waals surface area contributed by atoms with Crippen LogP contribution in [0.1, 0.15) is 33.6 Å². The number of rotatable bonds is 5. The van der Waals surface area contributed by atoms with Crippen molar-refractivity contribution < 1.29 is 9.47 Å². The average Bonchev–Trinajstić information content (AvgIpc) is 2.50. The summed E-state index contributed by atoms with van der Waals surface area (Å²) in [6.45, 7) is 10.4. The molecule has 3 heteroatoms. The second-order valence-corrected chi connectivity index (χ2v) is 5.61. The van der Waals surface area contributed by atoms with Gasteiger partial charge in [-0.25, -0.2) is 0 Å². The second kappa shape index (κ2) is 5.48. The highest BCUT2D eigenvalue weighted by Crippen LogP contribution is 2.29. The van der Waals surface area contributed by atoms with Crippen LogP contribution in [0.15, 0.2) is 0 Å². The summed E-state index contributed by atoms with van der Waals surface area (Å²) in [5, 5.41) is 0. The van der Waals surface area contributed by atoms with Gasteiger partial charge in [0, 0.05) is 18.6 Å². The van der Waals surface area contributed by atoms with Crippen LogP contribution in [-0.2, 0) is 9.47 Å². The Labute approximate surface area is 99.1 Å². The Hall–Kier alpha value is -0.120. The lowest BCUT2D eigenvalue weighted by molar-refractivity contribution is -0.0306. The van der Waals surface area contributed by atoms with Gasteiger partial charge in [-0.1, -0.05) is 6.92 Å². The van der Waals surface area contributed by atoms with Gasteiger partial charge in [-0.15, -0.1) is 0 Å². The smallest absolute Gasteiger partial charge is 0.0622 e. The summed E-state index contributed by atoms with van der Waals surface area (Å²) in [6, 6.07) is 1.36. The summed E-state index contributed by atoms with van der Waals surface area (Å²) in [4.78, 5) is 2.65. The molecule has 0 spiro atoms. The molecule has 0 aromatic heterocycles. The van der Waals surface area contributed by atoms with Crippen molar-refractivity contribution in [1.29, 1.82) is 0 Å². The lowest BCUT2D eigenvalue weighted by atomic mass is 10.1. The molecular formula is C13H25NO2. The quantitative estimate of drug-likeness (QED) is 0.716. The highest BCUT2D eigenvalue weighted by molar-refractivity contribution is 4.91. The van der Waals surface area contributed by atoms with Crippen LogP contribution in [-0.4, -0.2) is 49.5 Å². The van der Waals surface area contributed by atoms with Crippen LogP contribution in [0.25, 0.3) is 0 Å². The SMILES string of the molecule is CC(COC(C)C)CN1C2CCC1COC2. The number of ether oxygens (including phenoxy) is 2. The molecule has 2 fully saturated rings. The van der Waals surface area contributed by atoms with E-state index in [1.807, 2.05) is 0 Å². The molecule has 2 saturated heterocycles. The van der Waals surface area contributed by atoms with E-state index >= 15 is 0 Å². The molecule has 16 heavy (non-hydrogen) atoms.